The van der Waals surface area contributed by atoms with Crippen molar-refractivity contribution in [3.8, 4) is 0 Å². The van der Waals surface area contributed by atoms with Gasteiger partial charge in [0.2, 0.25) is 0 Å². The first-order valence-corrected chi connectivity index (χ1v) is 8.01. The highest BCUT2D eigenvalue weighted by Gasteiger charge is 2.29. The Labute approximate surface area is 157 Å². The van der Waals surface area contributed by atoms with E-state index in [4.69, 9.17) is 16.3 Å². The van der Waals surface area contributed by atoms with Crippen LogP contribution in [-0.2, 0) is 20.5 Å². The fourth-order valence-electron chi connectivity index (χ4n) is 1.89. The lowest BCUT2D eigenvalue weighted by atomic mass is 10.1. The molecular formula is C18H14ClF3N2O3. The van der Waals surface area contributed by atoms with Crippen LogP contribution in [-0.4, -0.2) is 23.0 Å². The molecule has 1 atom stereocenters. The van der Waals surface area contributed by atoms with Gasteiger partial charge in [-0.3, -0.25) is 4.79 Å². The molecule has 0 fully saturated rings. The van der Waals surface area contributed by atoms with Crippen molar-refractivity contribution < 1.29 is 27.5 Å². The fourth-order valence-corrected chi connectivity index (χ4v) is 2.00. The van der Waals surface area contributed by atoms with Gasteiger partial charge < -0.3 is 10.1 Å². The Morgan fingerprint density at radius 3 is 2.41 bits per heavy atom. The summed E-state index contributed by atoms with van der Waals surface area (Å²) in [5.74, 6) is -1.17. The number of halogens is 4. The quantitative estimate of drug-likeness (QED) is 0.601. The van der Waals surface area contributed by atoms with E-state index in [-0.39, 0.29) is 5.82 Å². The van der Waals surface area contributed by atoms with Gasteiger partial charge in [-0.15, -0.1) is 0 Å². The van der Waals surface area contributed by atoms with E-state index >= 15 is 0 Å². The van der Waals surface area contributed by atoms with Crippen molar-refractivity contribution in [3.05, 3.63) is 64.8 Å². The van der Waals surface area contributed by atoms with E-state index in [9.17, 15) is 22.8 Å². The fraction of sp³-hybridized carbons (Fsp3) is 0.167. The van der Waals surface area contributed by atoms with Gasteiger partial charge in [-0.05, 0) is 42.8 Å². The van der Waals surface area contributed by atoms with Crippen LogP contribution in [0.4, 0.5) is 19.0 Å². The normalized spacial score (nSPS) is 12.6. The standard InChI is InChI=1S/C18H14ClF3N2O3/c1-11(17(26)24-15-8-7-14(19)10-23-15)27-16(25)9-4-12-2-5-13(6-3-12)18(20,21)22/h2-11H,1H3,(H,23,24,26)/b9-4+/t11-/m0/s1. The largest absolute Gasteiger partial charge is 0.449 e. The highest BCUT2D eigenvalue weighted by molar-refractivity contribution is 6.30. The van der Waals surface area contributed by atoms with Gasteiger partial charge >= 0.3 is 12.1 Å². The molecule has 2 aromatic rings. The maximum absolute atomic E-state index is 12.5. The summed E-state index contributed by atoms with van der Waals surface area (Å²) in [5.41, 5.74) is -0.411. The molecule has 0 aliphatic heterocycles. The van der Waals surface area contributed by atoms with Gasteiger partial charge in [0.15, 0.2) is 6.10 Å². The van der Waals surface area contributed by atoms with Crippen molar-refractivity contribution in [2.45, 2.75) is 19.2 Å². The third kappa shape index (κ3) is 6.41. The number of carbonyl (C=O) groups excluding carboxylic acids is 2. The second kappa shape index (κ2) is 8.68. The third-order valence-electron chi connectivity index (χ3n) is 3.29. The Hall–Kier alpha value is -2.87. The molecule has 5 nitrogen and oxygen atoms in total. The molecule has 0 radical (unpaired) electrons. The number of ether oxygens (including phenoxy) is 1. The number of esters is 1. The molecule has 9 heteroatoms. The van der Waals surface area contributed by atoms with Crippen LogP contribution in [0.2, 0.25) is 5.02 Å². The Morgan fingerprint density at radius 1 is 1.19 bits per heavy atom. The van der Waals surface area contributed by atoms with Crippen molar-refractivity contribution in [3.63, 3.8) is 0 Å². The van der Waals surface area contributed by atoms with Crippen LogP contribution in [0, 0.1) is 0 Å². The number of carbonyl (C=O) groups is 2. The molecule has 0 spiro atoms. The van der Waals surface area contributed by atoms with E-state index < -0.39 is 29.7 Å². The molecule has 27 heavy (non-hydrogen) atoms. The predicted molar refractivity (Wildman–Crippen MR) is 93.9 cm³/mol. The van der Waals surface area contributed by atoms with Crippen molar-refractivity contribution in [1.82, 2.24) is 4.98 Å². The summed E-state index contributed by atoms with van der Waals surface area (Å²) in [6.07, 6.45) is -1.88. The summed E-state index contributed by atoms with van der Waals surface area (Å²) >= 11 is 5.69. The van der Waals surface area contributed by atoms with E-state index in [0.717, 1.165) is 18.2 Å². The summed E-state index contributed by atoms with van der Waals surface area (Å²) in [4.78, 5) is 27.6. The molecule has 142 valence electrons. The first-order chi connectivity index (χ1) is 12.6. The van der Waals surface area contributed by atoms with Gasteiger partial charge in [-0.2, -0.15) is 13.2 Å². The number of aromatic nitrogens is 1. The minimum Gasteiger partial charge on any atom is -0.449 e. The van der Waals surface area contributed by atoms with E-state index in [1.54, 1.807) is 0 Å². The van der Waals surface area contributed by atoms with Crippen LogP contribution in [0.3, 0.4) is 0 Å². The lowest BCUT2D eigenvalue weighted by Gasteiger charge is -2.11. The number of hydrogen-bond acceptors (Lipinski definition) is 4. The lowest BCUT2D eigenvalue weighted by molar-refractivity contribution is -0.148. The van der Waals surface area contributed by atoms with Crippen LogP contribution in [0.5, 0.6) is 0 Å². The van der Waals surface area contributed by atoms with Gasteiger partial charge in [0, 0.05) is 12.3 Å². The van der Waals surface area contributed by atoms with Gasteiger partial charge in [0.1, 0.15) is 5.82 Å². The topological polar surface area (TPSA) is 68.3 Å². The predicted octanol–water partition coefficient (Wildman–Crippen LogP) is 4.34. The minimum absolute atomic E-state index is 0.243. The molecule has 0 unspecified atom stereocenters. The number of alkyl halides is 3. The number of pyridine rings is 1. The van der Waals surface area contributed by atoms with Gasteiger partial charge in [-0.25, -0.2) is 9.78 Å². The van der Waals surface area contributed by atoms with Crippen LogP contribution >= 0.6 is 11.6 Å². The average Bonchev–Trinajstić information content (AvgIpc) is 2.61. The summed E-state index contributed by atoms with van der Waals surface area (Å²) in [5, 5.41) is 2.86. The van der Waals surface area contributed by atoms with Crippen LogP contribution in [0.1, 0.15) is 18.1 Å². The van der Waals surface area contributed by atoms with Crippen LogP contribution in [0.15, 0.2) is 48.7 Å². The molecule has 1 N–H and O–H groups in total. The van der Waals surface area contributed by atoms with E-state index in [0.29, 0.717) is 10.6 Å². The minimum atomic E-state index is -4.43. The SMILES string of the molecule is C[C@H](OC(=O)/C=C/c1ccc(C(F)(F)F)cc1)C(=O)Nc1ccc(Cl)cn1. The average molecular weight is 399 g/mol. The molecule has 0 saturated heterocycles. The number of nitrogens with zero attached hydrogens (tertiary/aromatic N) is 1. The molecule has 1 heterocycles. The first-order valence-electron chi connectivity index (χ1n) is 7.63. The molecule has 0 aliphatic carbocycles. The van der Waals surface area contributed by atoms with E-state index in [2.05, 4.69) is 10.3 Å². The number of benzene rings is 1. The summed E-state index contributed by atoms with van der Waals surface area (Å²) in [6.45, 7) is 1.37. The van der Waals surface area contributed by atoms with Crippen molar-refractivity contribution in [1.29, 1.82) is 0 Å². The Balaban J connectivity index is 1.89. The van der Waals surface area contributed by atoms with Crippen LogP contribution in [0.25, 0.3) is 6.08 Å². The third-order valence-corrected chi connectivity index (χ3v) is 3.51. The van der Waals surface area contributed by atoms with E-state index in [1.807, 2.05) is 0 Å². The zero-order valence-corrected chi connectivity index (χ0v) is 14.7. The highest BCUT2D eigenvalue weighted by Crippen LogP contribution is 2.29. The molecule has 0 saturated carbocycles. The molecule has 1 aromatic heterocycles. The molecule has 1 amide bonds. The molecule has 1 aromatic carbocycles. The van der Waals surface area contributed by atoms with Gasteiger partial charge in [-0.1, -0.05) is 23.7 Å². The van der Waals surface area contributed by atoms with Gasteiger partial charge in [0.05, 0.1) is 10.6 Å². The second-order valence-corrected chi connectivity index (χ2v) is 5.82. The number of hydrogen-bond donors (Lipinski definition) is 1. The highest BCUT2D eigenvalue weighted by atomic mass is 35.5. The number of amides is 1. The van der Waals surface area contributed by atoms with Crippen molar-refractivity contribution in [2.24, 2.45) is 0 Å². The zero-order chi connectivity index (χ0) is 20.0. The number of rotatable bonds is 5. The zero-order valence-electron chi connectivity index (χ0n) is 14.0. The second-order valence-electron chi connectivity index (χ2n) is 5.38. The maximum atomic E-state index is 12.5. The Kier molecular flexibility index (Phi) is 6.57. The first kappa shape index (κ1) is 20.4. The number of anilines is 1. The summed E-state index contributed by atoms with van der Waals surface area (Å²) in [7, 11) is 0. The van der Waals surface area contributed by atoms with Crippen LogP contribution < -0.4 is 5.32 Å². The number of nitrogens with one attached hydrogen (secondary N) is 1. The van der Waals surface area contributed by atoms with E-state index in [1.165, 1.54) is 43.5 Å². The monoisotopic (exact) mass is 398 g/mol. The molecule has 0 bridgehead atoms. The maximum Gasteiger partial charge on any atom is 0.416 e. The molecular weight excluding hydrogens is 385 g/mol. The van der Waals surface area contributed by atoms with Gasteiger partial charge in [0.25, 0.3) is 5.91 Å². The smallest absolute Gasteiger partial charge is 0.416 e. The lowest BCUT2D eigenvalue weighted by Crippen LogP contribution is -2.29. The summed E-state index contributed by atoms with van der Waals surface area (Å²) in [6, 6.07) is 7.26. The Morgan fingerprint density at radius 2 is 1.85 bits per heavy atom. The van der Waals surface area contributed by atoms with Crippen molar-refractivity contribution in [2.75, 3.05) is 5.32 Å². The molecule has 0 aliphatic rings. The molecule has 2 rings (SSSR count). The van der Waals surface area contributed by atoms with Crippen molar-refractivity contribution >= 4 is 35.4 Å². The Bertz CT molecular complexity index is 834. The summed E-state index contributed by atoms with van der Waals surface area (Å²) < 4.78 is 42.4.